The SMILES string of the molecule is CC[NH+]1CCN(c2nc(-c3cccc(OC)c3O)nc3ccccc23)CC1. The van der Waals surface area contributed by atoms with Crippen molar-refractivity contribution in [3.63, 3.8) is 0 Å². The number of rotatable bonds is 4. The van der Waals surface area contributed by atoms with E-state index >= 15 is 0 Å². The number of aromatic hydroxyl groups is 1. The van der Waals surface area contributed by atoms with Crippen LogP contribution in [0.25, 0.3) is 22.3 Å². The highest BCUT2D eigenvalue weighted by molar-refractivity contribution is 5.91. The fourth-order valence-electron chi connectivity index (χ4n) is 3.68. The molecule has 0 unspecified atom stereocenters. The van der Waals surface area contributed by atoms with E-state index in [1.807, 2.05) is 30.3 Å². The first kappa shape index (κ1) is 17.5. The molecule has 4 rings (SSSR count). The smallest absolute Gasteiger partial charge is 0.168 e. The molecule has 6 heteroatoms. The van der Waals surface area contributed by atoms with Crippen molar-refractivity contribution in [2.75, 3.05) is 44.7 Å². The van der Waals surface area contributed by atoms with Gasteiger partial charge < -0.3 is 19.6 Å². The van der Waals surface area contributed by atoms with Crippen LogP contribution in [0.15, 0.2) is 42.5 Å². The number of aromatic nitrogens is 2. The molecule has 0 saturated carbocycles. The third kappa shape index (κ3) is 3.28. The quantitative estimate of drug-likeness (QED) is 0.737. The number of piperazine rings is 1. The Bertz CT molecular complexity index is 952. The maximum absolute atomic E-state index is 10.6. The standard InChI is InChI=1S/C21H24N4O2/c1-3-24-11-13-25(14-12-24)21-15-7-4-5-9-17(15)22-20(23-21)16-8-6-10-18(27-2)19(16)26/h4-10,26H,3,11-14H2,1-2H3/p+1. The molecule has 0 aliphatic carbocycles. The first-order valence-electron chi connectivity index (χ1n) is 9.43. The highest BCUT2D eigenvalue weighted by Crippen LogP contribution is 2.37. The van der Waals surface area contributed by atoms with Gasteiger partial charge in [-0.15, -0.1) is 0 Å². The Kier molecular flexibility index (Phi) is 4.81. The number of fused-ring (bicyclic) bond motifs is 1. The first-order valence-corrected chi connectivity index (χ1v) is 9.43. The molecule has 0 radical (unpaired) electrons. The zero-order valence-corrected chi connectivity index (χ0v) is 15.8. The minimum atomic E-state index is 0.0708. The number of phenolic OH excluding ortho intramolecular Hbond substituents is 1. The second-order valence-corrected chi connectivity index (χ2v) is 6.84. The topological polar surface area (TPSA) is 62.9 Å². The second-order valence-electron chi connectivity index (χ2n) is 6.84. The normalized spacial score (nSPS) is 15.3. The molecule has 1 aromatic heterocycles. The minimum absolute atomic E-state index is 0.0708. The number of nitrogens with zero attached hydrogens (tertiary/aromatic N) is 3. The predicted molar refractivity (Wildman–Crippen MR) is 107 cm³/mol. The van der Waals surface area contributed by atoms with Gasteiger partial charge in [-0.05, 0) is 31.2 Å². The van der Waals surface area contributed by atoms with E-state index in [4.69, 9.17) is 14.7 Å². The molecule has 0 bridgehead atoms. The Hall–Kier alpha value is -2.86. The monoisotopic (exact) mass is 365 g/mol. The van der Waals surface area contributed by atoms with Crippen LogP contribution in [0.2, 0.25) is 0 Å². The molecule has 1 aliphatic rings. The Morgan fingerprint density at radius 2 is 1.85 bits per heavy atom. The highest BCUT2D eigenvalue weighted by Gasteiger charge is 2.23. The number of ether oxygens (including phenoxy) is 1. The minimum Gasteiger partial charge on any atom is -0.504 e. The fraction of sp³-hybridized carbons (Fsp3) is 0.333. The summed E-state index contributed by atoms with van der Waals surface area (Å²) in [7, 11) is 1.54. The third-order valence-corrected chi connectivity index (χ3v) is 5.31. The van der Waals surface area contributed by atoms with Gasteiger partial charge in [0.25, 0.3) is 0 Å². The van der Waals surface area contributed by atoms with E-state index in [0.29, 0.717) is 17.1 Å². The lowest BCUT2D eigenvalue weighted by molar-refractivity contribution is -0.898. The molecule has 2 N–H and O–H groups in total. The van der Waals surface area contributed by atoms with Crippen LogP contribution in [0.1, 0.15) is 6.92 Å². The van der Waals surface area contributed by atoms with Gasteiger partial charge in [0.2, 0.25) is 0 Å². The first-order chi connectivity index (χ1) is 13.2. The zero-order valence-electron chi connectivity index (χ0n) is 15.8. The number of anilines is 1. The molecule has 0 amide bonds. The van der Waals surface area contributed by atoms with Crippen molar-refractivity contribution in [3.8, 4) is 22.9 Å². The maximum Gasteiger partial charge on any atom is 0.168 e. The Labute approximate surface area is 159 Å². The van der Waals surface area contributed by atoms with E-state index in [-0.39, 0.29) is 5.75 Å². The number of hydrogen-bond acceptors (Lipinski definition) is 5. The van der Waals surface area contributed by atoms with Crippen LogP contribution < -0.4 is 14.5 Å². The van der Waals surface area contributed by atoms with E-state index in [0.717, 1.165) is 49.4 Å². The molecule has 1 fully saturated rings. The van der Waals surface area contributed by atoms with E-state index in [2.05, 4.69) is 17.9 Å². The summed E-state index contributed by atoms with van der Waals surface area (Å²) in [5, 5.41) is 11.6. The molecule has 1 aliphatic heterocycles. The summed E-state index contributed by atoms with van der Waals surface area (Å²) in [6.07, 6.45) is 0. The summed E-state index contributed by atoms with van der Waals surface area (Å²) < 4.78 is 5.25. The molecule has 6 nitrogen and oxygen atoms in total. The van der Waals surface area contributed by atoms with Crippen LogP contribution in [0.5, 0.6) is 11.5 Å². The van der Waals surface area contributed by atoms with Gasteiger partial charge in [0.05, 0.1) is 50.9 Å². The lowest BCUT2D eigenvalue weighted by Crippen LogP contribution is -3.14. The van der Waals surface area contributed by atoms with Crippen molar-refractivity contribution >= 4 is 16.7 Å². The van der Waals surface area contributed by atoms with Crippen LogP contribution in [0, 0.1) is 0 Å². The Morgan fingerprint density at radius 1 is 1.07 bits per heavy atom. The van der Waals surface area contributed by atoms with Crippen LogP contribution in [0.4, 0.5) is 5.82 Å². The summed E-state index contributed by atoms with van der Waals surface area (Å²) in [6, 6.07) is 13.5. The number of phenols is 1. The van der Waals surface area contributed by atoms with E-state index in [9.17, 15) is 5.11 Å². The summed E-state index contributed by atoms with van der Waals surface area (Å²) in [5.74, 6) is 1.95. The molecular formula is C21H25N4O2+. The lowest BCUT2D eigenvalue weighted by atomic mass is 10.1. The molecule has 2 aromatic carbocycles. The largest absolute Gasteiger partial charge is 0.504 e. The van der Waals surface area contributed by atoms with Crippen molar-refractivity contribution in [1.29, 1.82) is 0 Å². The van der Waals surface area contributed by atoms with Gasteiger partial charge in [0.1, 0.15) is 5.82 Å². The predicted octanol–water partition coefficient (Wildman–Crippen LogP) is 1.74. The van der Waals surface area contributed by atoms with Gasteiger partial charge in [-0.25, -0.2) is 9.97 Å². The number of hydrogen-bond donors (Lipinski definition) is 2. The molecule has 0 spiro atoms. The summed E-state index contributed by atoms with van der Waals surface area (Å²) >= 11 is 0. The van der Waals surface area contributed by atoms with Gasteiger partial charge in [0.15, 0.2) is 17.3 Å². The average molecular weight is 365 g/mol. The fourth-order valence-corrected chi connectivity index (χ4v) is 3.68. The van der Waals surface area contributed by atoms with E-state index in [1.54, 1.807) is 18.1 Å². The number of methoxy groups -OCH3 is 1. The van der Waals surface area contributed by atoms with Crippen LogP contribution >= 0.6 is 0 Å². The number of para-hydroxylation sites is 2. The van der Waals surface area contributed by atoms with Gasteiger partial charge >= 0.3 is 0 Å². The van der Waals surface area contributed by atoms with Crippen molar-refractivity contribution in [1.82, 2.24) is 9.97 Å². The Balaban J connectivity index is 1.82. The molecule has 27 heavy (non-hydrogen) atoms. The summed E-state index contributed by atoms with van der Waals surface area (Å²) in [4.78, 5) is 13.5. The van der Waals surface area contributed by atoms with Crippen LogP contribution in [-0.2, 0) is 0 Å². The molecular weight excluding hydrogens is 340 g/mol. The number of nitrogens with one attached hydrogen (secondary N) is 1. The summed E-state index contributed by atoms with van der Waals surface area (Å²) in [6.45, 7) is 7.53. The molecule has 2 heterocycles. The molecule has 0 atom stereocenters. The number of quaternary nitrogens is 1. The number of benzene rings is 2. The van der Waals surface area contributed by atoms with Crippen molar-refractivity contribution in [2.45, 2.75) is 6.92 Å². The maximum atomic E-state index is 10.6. The highest BCUT2D eigenvalue weighted by atomic mass is 16.5. The Morgan fingerprint density at radius 3 is 2.59 bits per heavy atom. The third-order valence-electron chi connectivity index (χ3n) is 5.31. The van der Waals surface area contributed by atoms with Gasteiger partial charge in [0, 0.05) is 5.39 Å². The van der Waals surface area contributed by atoms with Crippen molar-refractivity contribution in [3.05, 3.63) is 42.5 Å². The lowest BCUT2D eigenvalue weighted by Gasteiger charge is -2.33. The van der Waals surface area contributed by atoms with Crippen LogP contribution in [0.3, 0.4) is 0 Å². The van der Waals surface area contributed by atoms with Gasteiger partial charge in [-0.2, -0.15) is 0 Å². The van der Waals surface area contributed by atoms with Crippen molar-refractivity contribution < 1.29 is 14.7 Å². The van der Waals surface area contributed by atoms with Gasteiger partial charge in [-0.1, -0.05) is 18.2 Å². The van der Waals surface area contributed by atoms with Gasteiger partial charge in [-0.3, -0.25) is 0 Å². The van der Waals surface area contributed by atoms with E-state index < -0.39 is 0 Å². The van der Waals surface area contributed by atoms with Crippen molar-refractivity contribution in [2.24, 2.45) is 0 Å². The average Bonchev–Trinajstić information content (AvgIpc) is 2.73. The number of likely N-dealkylation sites (N-methyl/N-ethyl adjacent to an activating group) is 1. The van der Waals surface area contributed by atoms with E-state index in [1.165, 1.54) is 0 Å². The summed E-state index contributed by atoms with van der Waals surface area (Å²) in [5.41, 5.74) is 1.46. The molecule has 140 valence electrons. The van der Waals surface area contributed by atoms with Crippen LogP contribution in [-0.4, -0.2) is 54.9 Å². The molecule has 3 aromatic rings. The zero-order chi connectivity index (χ0) is 18.8. The second kappa shape index (κ2) is 7.40. The molecule has 1 saturated heterocycles.